The molecule has 1 heterocycles. The van der Waals surface area contributed by atoms with E-state index >= 15 is 0 Å². The highest BCUT2D eigenvalue weighted by Gasteiger charge is 2.08. The topological polar surface area (TPSA) is 45.8 Å². The second kappa shape index (κ2) is 2.94. The van der Waals surface area contributed by atoms with Crippen molar-refractivity contribution < 1.29 is 4.79 Å². The van der Waals surface area contributed by atoms with Gasteiger partial charge in [0.15, 0.2) is 5.78 Å². The lowest BCUT2D eigenvalue weighted by atomic mass is 10.0. The number of carbonyl (C=O) groups excluding carboxylic acids is 1. The summed E-state index contributed by atoms with van der Waals surface area (Å²) in [6.07, 6.45) is 0. The van der Waals surface area contributed by atoms with E-state index in [0.29, 0.717) is 0 Å². The molecule has 0 saturated carbocycles. The van der Waals surface area contributed by atoms with E-state index < -0.39 is 0 Å². The first-order valence-corrected chi connectivity index (χ1v) is 4.56. The monoisotopic (exact) mass is 188 g/mol. The van der Waals surface area contributed by atoms with Crippen molar-refractivity contribution in [3.63, 3.8) is 0 Å². The van der Waals surface area contributed by atoms with E-state index in [1.54, 1.807) is 6.92 Å². The van der Waals surface area contributed by atoms with Crippen LogP contribution in [-0.2, 0) is 0 Å². The van der Waals surface area contributed by atoms with Crippen molar-refractivity contribution in [3.05, 3.63) is 29.0 Å². The van der Waals surface area contributed by atoms with Crippen LogP contribution in [0.3, 0.4) is 0 Å². The number of hydrogen-bond acceptors (Lipinski definition) is 2. The summed E-state index contributed by atoms with van der Waals surface area (Å²) in [5, 5.41) is 8.14. The fourth-order valence-corrected chi connectivity index (χ4v) is 1.62. The van der Waals surface area contributed by atoms with Gasteiger partial charge < -0.3 is 0 Å². The van der Waals surface area contributed by atoms with E-state index in [2.05, 4.69) is 10.2 Å². The van der Waals surface area contributed by atoms with Gasteiger partial charge in [0.05, 0.1) is 5.52 Å². The molecule has 2 rings (SSSR count). The van der Waals surface area contributed by atoms with E-state index in [9.17, 15) is 4.79 Å². The van der Waals surface area contributed by atoms with Gasteiger partial charge >= 0.3 is 0 Å². The maximum Gasteiger partial charge on any atom is 0.159 e. The van der Waals surface area contributed by atoms with Gasteiger partial charge in [0.25, 0.3) is 0 Å². The molecule has 0 amide bonds. The molecule has 0 fully saturated rings. The minimum absolute atomic E-state index is 0.0931. The first-order valence-electron chi connectivity index (χ1n) is 4.56. The fourth-order valence-electron chi connectivity index (χ4n) is 1.62. The predicted octanol–water partition coefficient (Wildman–Crippen LogP) is 2.38. The molecule has 2 aromatic rings. The predicted molar refractivity (Wildman–Crippen MR) is 55.6 cm³/mol. The molecule has 1 aromatic heterocycles. The van der Waals surface area contributed by atoms with Crippen LogP contribution in [0.5, 0.6) is 0 Å². The molecule has 0 aliphatic heterocycles. The number of hydrogen-bond donors (Lipinski definition) is 1. The molecule has 3 heteroatoms. The standard InChI is InChI=1S/C11H12N2O/c1-6-4-9(8(3)14)5-10-7(2)12-13-11(6)10/h4-5H,1-3H3,(H,12,13). The van der Waals surface area contributed by atoms with Crippen molar-refractivity contribution in [1.29, 1.82) is 0 Å². The molecule has 0 atom stereocenters. The van der Waals surface area contributed by atoms with Gasteiger partial charge in [-0.2, -0.15) is 5.10 Å². The van der Waals surface area contributed by atoms with Crippen LogP contribution in [0.4, 0.5) is 0 Å². The third kappa shape index (κ3) is 1.21. The first-order chi connectivity index (χ1) is 6.59. The molecule has 1 aromatic carbocycles. The van der Waals surface area contributed by atoms with Crippen molar-refractivity contribution in [2.45, 2.75) is 20.8 Å². The normalized spacial score (nSPS) is 10.8. The highest BCUT2D eigenvalue weighted by atomic mass is 16.1. The number of fused-ring (bicyclic) bond motifs is 1. The van der Waals surface area contributed by atoms with Crippen LogP contribution in [0.25, 0.3) is 10.9 Å². The molecule has 1 N–H and O–H groups in total. The van der Waals surface area contributed by atoms with Crippen molar-refractivity contribution in [2.75, 3.05) is 0 Å². The molecule has 0 aliphatic carbocycles. The van der Waals surface area contributed by atoms with Gasteiger partial charge in [0.1, 0.15) is 0 Å². The summed E-state index contributed by atoms with van der Waals surface area (Å²) in [5.41, 5.74) is 3.75. The Balaban J connectivity index is 2.82. The van der Waals surface area contributed by atoms with Gasteiger partial charge in [0, 0.05) is 16.6 Å². The minimum Gasteiger partial charge on any atom is -0.295 e. The highest BCUT2D eigenvalue weighted by Crippen LogP contribution is 2.21. The lowest BCUT2D eigenvalue weighted by Crippen LogP contribution is -1.92. The van der Waals surface area contributed by atoms with Crippen molar-refractivity contribution >= 4 is 16.7 Å². The number of nitrogens with zero attached hydrogens (tertiary/aromatic N) is 1. The van der Waals surface area contributed by atoms with E-state index in [4.69, 9.17) is 0 Å². The third-order valence-corrected chi connectivity index (χ3v) is 2.45. The fraction of sp³-hybridized carbons (Fsp3) is 0.273. The number of nitrogens with one attached hydrogen (secondary N) is 1. The van der Waals surface area contributed by atoms with E-state index in [1.807, 2.05) is 26.0 Å². The molecular weight excluding hydrogens is 176 g/mol. The molecule has 0 radical (unpaired) electrons. The first kappa shape index (κ1) is 8.94. The van der Waals surface area contributed by atoms with E-state index in [0.717, 1.165) is 27.7 Å². The maximum absolute atomic E-state index is 11.2. The number of aromatic nitrogens is 2. The van der Waals surface area contributed by atoms with Crippen molar-refractivity contribution in [3.8, 4) is 0 Å². The van der Waals surface area contributed by atoms with Crippen LogP contribution in [-0.4, -0.2) is 16.0 Å². The second-order valence-electron chi connectivity index (χ2n) is 3.59. The quantitative estimate of drug-likeness (QED) is 0.698. The average molecular weight is 188 g/mol. The minimum atomic E-state index is 0.0931. The largest absolute Gasteiger partial charge is 0.295 e. The average Bonchev–Trinajstić information content (AvgIpc) is 2.48. The summed E-state index contributed by atoms with van der Waals surface area (Å²) in [5.74, 6) is 0.0931. The van der Waals surface area contributed by atoms with Gasteiger partial charge in [0.2, 0.25) is 0 Å². The Morgan fingerprint density at radius 2 is 2.07 bits per heavy atom. The van der Waals surface area contributed by atoms with Gasteiger partial charge in [-0.3, -0.25) is 9.89 Å². The summed E-state index contributed by atoms with van der Waals surface area (Å²) in [7, 11) is 0. The zero-order chi connectivity index (χ0) is 10.3. The molecule has 72 valence electrons. The zero-order valence-corrected chi connectivity index (χ0v) is 8.51. The number of benzene rings is 1. The number of ketones is 1. The van der Waals surface area contributed by atoms with Crippen LogP contribution in [0.15, 0.2) is 12.1 Å². The number of carbonyl (C=O) groups is 1. The number of aromatic amines is 1. The lowest BCUT2D eigenvalue weighted by Gasteiger charge is -1.99. The van der Waals surface area contributed by atoms with E-state index in [-0.39, 0.29) is 5.78 Å². The van der Waals surface area contributed by atoms with Crippen LogP contribution < -0.4 is 0 Å². The summed E-state index contributed by atoms with van der Waals surface area (Å²) in [4.78, 5) is 11.2. The van der Waals surface area contributed by atoms with Crippen LogP contribution >= 0.6 is 0 Å². The second-order valence-corrected chi connectivity index (χ2v) is 3.59. The molecule has 0 spiro atoms. The third-order valence-electron chi connectivity index (χ3n) is 2.45. The molecule has 0 saturated heterocycles. The Bertz CT molecular complexity index is 511. The number of H-pyrrole nitrogens is 1. The van der Waals surface area contributed by atoms with E-state index in [1.165, 1.54) is 0 Å². The molecule has 0 bridgehead atoms. The molecule has 0 aliphatic rings. The number of rotatable bonds is 1. The Labute approximate surface area is 82.1 Å². The Morgan fingerprint density at radius 3 is 2.71 bits per heavy atom. The molecule has 14 heavy (non-hydrogen) atoms. The lowest BCUT2D eigenvalue weighted by molar-refractivity contribution is 0.101. The van der Waals surface area contributed by atoms with Crippen LogP contribution in [0.1, 0.15) is 28.5 Å². The van der Waals surface area contributed by atoms with Gasteiger partial charge in [-0.05, 0) is 38.5 Å². The summed E-state index contributed by atoms with van der Waals surface area (Å²) >= 11 is 0. The molecular formula is C11H12N2O. The Morgan fingerprint density at radius 1 is 1.36 bits per heavy atom. The van der Waals surface area contributed by atoms with Crippen molar-refractivity contribution in [1.82, 2.24) is 10.2 Å². The number of aryl methyl sites for hydroxylation is 2. The SMILES string of the molecule is CC(=O)c1cc(C)c2n[nH]c(C)c2c1. The maximum atomic E-state index is 11.2. The van der Waals surface area contributed by atoms with Crippen LogP contribution in [0.2, 0.25) is 0 Å². The zero-order valence-electron chi connectivity index (χ0n) is 8.51. The number of Topliss-reactive ketones (excluding diaryl/α,β-unsaturated/α-hetero) is 1. The Hall–Kier alpha value is -1.64. The smallest absolute Gasteiger partial charge is 0.159 e. The van der Waals surface area contributed by atoms with Crippen LogP contribution in [0, 0.1) is 13.8 Å². The summed E-state index contributed by atoms with van der Waals surface area (Å²) < 4.78 is 0. The van der Waals surface area contributed by atoms with Gasteiger partial charge in [-0.15, -0.1) is 0 Å². The van der Waals surface area contributed by atoms with Gasteiger partial charge in [-0.25, -0.2) is 0 Å². The highest BCUT2D eigenvalue weighted by molar-refractivity contribution is 5.99. The summed E-state index contributed by atoms with van der Waals surface area (Å²) in [6, 6.07) is 3.77. The molecule has 0 unspecified atom stereocenters. The van der Waals surface area contributed by atoms with Crippen molar-refractivity contribution in [2.24, 2.45) is 0 Å². The Kier molecular flexibility index (Phi) is 1.88. The van der Waals surface area contributed by atoms with Gasteiger partial charge in [-0.1, -0.05) is 0 Å². The summed E-state index contributed by atoms with van der Waals surface area (Å²) in [6.45, 7) is 5.50. The molecule has 3 nitrogen and oxygen atoms in total.